The Morgan fingerprint density at radius 1 is 1.04 bits per heavy atom. The molecule has 6 atom stereocenters. The van der Waals surface area contributed by atoms with E-state index in [-0.39, 0.29) is 34.9 Å². The number of hydrogen-bond acceptors (Lipinski definition) is 12. The quantitative estimate of drug-likeness (QED) is 0.100. The van der Waals surface area contributed by atoms with E-state index in [1.54, 1.807) is 39.0 Å². The first-order valence-corrected chi connectivity index (χ1v) is 17.0. The Balaban J connectivity index is 2.40. The van der Waals surface area contributed by atoms with E-state index in [1.165, 1.54) is 20.3 Å². The van der Waals surface area contributed by atoms with Crippen molar-refractivity contribution in [1.29, 1.82) is 0 Å². The molecule has 2 aliphatic rings. The molecule has 7 N–H and O–H groups in total. The number of ether oxygens (including phenoxy) is 5. The molecular weight excluding hydrogens is 648 g/mol. The lowest BCUT2D eigenvalue weighted by molar-refractivity contribution is -0.120. The van der Waals surface area contributed by atoms with Crippen LogP contribution >= 0.6 is 0 Å². The molecule has 0 saturated carbocycles. The molecule has 1 aliphatic heterocycles. The van der Waals surface area contributed by atoms with E-state index in [1.807, 2.05) is 6.92 Å². The number of fused-ring (bicyclic) bond motifs is 2. The zero-order valence-corrected chi connectivity index (χ0v) is 30.2. The Morgan fingerprint density at radius 2 is 1.72 bits per heavy atom. The standard InChI is InChI=1S/C36H56N4O10/c1-22-18-26-31(39-13-9-15-49-17-16-48-14-8-12-37)28(41)21-27(33(26)43)40-35(44)23(2)10-7-11-29(46-5)34(50-36(38)45)25(4)20-24(3)32(42)30(19-22)47-6/h7,10-11,20-22,24,29-30,32,34,39,42H,8-9,12-19,37H2,1-6H3,(H2,38,45)(H,40,44)/b11-7-,23-10+,25-20+/t22-,24+,29+,30+,32-,34+/m0/s1. The number of hydrogen-bond donors (Lipinski definition) is 5. The summed E-state index contributed by atoms with van der Waals surface area (Å²) >= 11 is 0. The van der Waals surface area contributed by atoms with Gasteiger partial charge in [0, 0.05) is 57.1 Å². The molecule has 0 saturated heterocycles. The molecule has 2 rings (SSSR count). The minimum Gasteiger partial charge on any atom is -0.439 e. The first-order chi connectivity index (χ1) is 23.8. The van der Waals surface area contributed by atoms with Crippen molar-refractivity contribution < 1.29 is 48.0 Å². The highest BCUT2D eigenvalue weighted by Crippen LogP contribution is 2.29. The van der Waals surface area contributed by atoms with Crippen molar-refractivity contribution in [2.75, 3.05) is 53.7 Å². The predicted molar refractivity (Wildman–Crippen MR) is 187 cm³/mol. The Labute approximate surface area is 295 Å². The molecule has 1 heterocycles. The van der Waals surface area contributed by atoms with Crippen molar-refractivity contribution in [2.45, 2.75) is 77.8 Å². The lowest BCUT2D eigenvalue weighted by Gasteiger charge is -2.30. The molecule has 0 unspecified atom stereocenters. The van der Waals surface area contributed by atoms with Crippen molar-refractivity contribution >= 4 is 23.6 Å². The molecule has 0 aromatic heterocycles. The van der Waals surface area contributed by atoms with Gasteiger partial charge in [0.15, 0.2) is 6.10 Å². The van der Waals surface area contributed by atoms with Gasteiger partial charge in [-0.05, 0) is 57.6 Å². The Morgan fingerprint density at radius 3 is 2.34 bits per heavy atom. The van der Waals surface area contributed by atoms with Crippen molar-refractivity contribution in [3.63, 3.8) is 0 Å². The van der Waals surface area contributed by atoms with Crippen LogP contribution in [0.4, 0.5) is 4.79 Å². The molecule has 2 bridgehead atoms. The summed E-state index contributed by atoms with van der Waals surface area (Å²) in [7, 11) is 2.92. The number of nitrogens with one attached hydrogen (secondary N) is 2. The lowest BCUT2D eigenvalue weighted by Crippen LogP contribution is -2.38. The summed E-state index contributed by atoms with van der Waals surface area (Å²) in [6.45, 7) is 9.82. The molecule has 14 heteroatoms. The van der Waals surface area contributed by atoms with Crippen LogP contribution < -0.4 is 22.1 Å². The van der Waals surface area contributed by atoms with Gasteiger partial charge >= 0.3 is 6.09 Å². The first kappa shape index (κ1) is 42.5. The highest BCUT2D eigenvalue weighted by atomic mass is 16.6. The maximum Gasteiger partial charge on any atom is 0.405 e. The maximum atomic E-state index is 13.8. The van der Waals surface area contributed by atoms with E-state index in [4.69, 9.17) is 35.2 Å². The summed E-state index contributed by atoms with van der Waals surface area (Å²) in [6, 6.07) is 0. The summed E-state index contributed by atoms with van der Waals surface area (Å²) < 4.78 is 27.7. The third-order valence-corrected chi connectivity index (χ3v) is 8.43. The number of rotatable bonds is 14. The van der Waals surface area contributed by atoms with Crippen LogP contribution in [0.2, 0.25) is 0 Å². The second kappa shape index (κ2) is 22.2. The Hall–Kier alpha value is -3.66. The molecule has 1 aliphatic carbocycles. The summed E-state index contributed by atoms with van der Waals surface area (Å²) in [4.78, 5) is 52.2. The first-order valence-electron chi connectivity index (χ1n) is 17.0. The summed E-state index contributed by atoms with van der Waals surface area (Å²) in [5.41, 5.74) is 11.9. The number of methoxy groups -OCH3 is 2. The molecular formula is C36H56N4O10. The van der Waals surface area contributed by atoms with Crippen LogP contribution in [0, 0.1) is 11.8 Å². The molecule has 2 amide bonds. The number of amides is 2. The molecule has 0 fully saturated rings. The van der Waals surface area contributed by atoms with Crippen LogP contribution in [-0.2, 0) is 38.1 Å². The fraction of sp³-hybridized carbons (Fsp3) is 0.611. The molecule has 0 aromatic rings. The molecule has 0 aromatic carbocycles. The highest BCUT2D eigenvalue weighted by Gasteiger charge is 2.33. The number of primary amides is 1. The minimum atomic E-state index is -1.01. The topological polar surface area (TPSA) is 211 Å². The van der Waals surface area contributed by atoms with Crippen LogP contribution in [0.3, 0.4) is 0 Å². The SMILES string of the molecule is CO[C@@H]1/C=C\C=C(/C)C(=O)NC2=CC(=O)C(NCCCOCCOCCCN)=C(C[C@H](C)C[C@@H](OC)[C@@H](O)[C@H](C)/C=C(\C)[C@H]1OC(N)=O)C2=O. The number of nitrogens with two attached hydrogens (primary N) is 2. The molecule has 14 nitrogen and oxygen atoms in total. The monoisotopic (exact) mass is 704 g/mol. The second-order valence-corrected chi connectivity index (χ2v) is 12.6. The summed E-state index contributed by atoms with van der Waals surface area (Å²) in [5, 5.41) is 17.1. The van der Waals surface area contributed by atoms with Crippen molar-refractivity contribution in [3.05, 3.63) is 58.5 Å². The van der Waals surface area contributed by atoms with Gasteiger partial charge in [-0.3, -0.25) is 14.4 Å². The number of carbonyl (C=O) groups excluding carboxylic acids is 4. The van der Waals surface area contributed by atoms with Crippen LogP contribution in [0.25, 0.3) is 0 Å². The van der Waals surface area contributed by atoms with Gasteiger partial charge in [0.1, 0.15) is 6.10 Å². The summed E-state index contributed by atoms with van der Waals surface area (Å²) in [6.07, 6.45) is 5.06. The second-order valence-electron chi connectivity index (χ2n) is 12.6. The van der Waals surface area contributed by atoms with Gasteiger partial charge in [-0.2, -0.15) is 0 Å². The zero-order chi connectivity index (χ0) is 37.2. The fourth-order valence-corrected chi connectivity index (χ4v) is 5.67. The van der Waals surface area contributed by atoms with E-state index < -0.39 is 53.9 Å². The van der Waals surface area contributed by atoms with Crippen LogP contribution in [0.15, 0.2) is 58.5 Å². The van der Waals surface area contributed by atoms with Crippen LogP contribution in [0.5, 0.6) is 0 Å². The zero-order valence-electron chi connectivity index (χ0n) is 30.2. The number of ketones is 2. The van der Waals surface area contributed by atoms with Crippen molar-refractivity contribution in [1.82, 2.24) is 10.6 Å². The number of Topliss-reactive ketones (excluding diaryl/α,β-unsaturated/α-hetero) is 1. The van der Waals surface area contributed by atoms with Gasteiger partial charge in [0.25, 0.3) is 5.91 Å². The number of aliphatic hydroxyl groups excluding tert-OH is 1. The molecule has 280 valence electrons. The molecule has 0 radical (unpaired) electrons. The Kier molecular flexibility index (Phi) is 18.9. The molecule has 50 heavy (non-hydrogen) atoms. The van der Waals surface area contributed by atoms with Crippen molar-refractivity contribution in [2.24, 2.45) is 23.3 Å². The van der Waals surface area contributed by atoms with Gasteiger partial charge in [-0.15, -0.1) is 0 Å². The Bertz CT molecular complexity index is 1320. The van der Waals surface area contributed by atoms with Crippen molar-refractivity contribution in [3.8, 4) is 0 Å². The number of allylic oxidation sites excluding steroid dienone is 4. The fourth-order valence-electron chi connectivity index (χ4n) is 5.67. The number of aliphatic hydroxyl groups is 1. The predicted octanol–water partition coefficient (Wildman–Crippen LogP) is 2.12. The van der Waals surface area contributed by atoms with Gasteiger partial charge in [-0.1, -0.05) is 38.2 Å². The number of carbonyl (C=O) groups is 4. The maximum absolute atomic E-state index is 13.8. The van der Waals surface area contributed by atoms with Gasteiger partial charge in [0.05, 0.1) is 36.8 Å². The lowest BCUT2D eigenvalue weighted by atomic mass is 9.85. The van der Waals surface area contributed by atoms with E-state index in [0.29, 0.717) is 57.9 Å². The van der Waals surface area contributed by atoms with E-state index in [0.717, 1.165) is 12.5 Å². The van der Waals surface area contributed by atoms with Crippen LogP contribution in [0.1, 0.15) is 53.4 Å². The van der Waals surface area contributed by atoms with E-state index in [9.17, 15) is 24.3 Å². The van der Waals surface area contributed by atoms with Crippen LogP contribution in [-0.4, -0.2) is 107 Å². The average Bonchev–Trinajstić information content (AvgIpc) is 3.07. The third-order valence-electron chi connectivity index (χ3n) is 8.43. The van der Waals surface area contributed by atoms with E-state index >= 15 is 0 Å². The smallest absolute Gasteiger partial charge is 0.405 e. The van der Waals surface area contributed by atoms with E-state index in [2.05, 4.69) is 10.6 Å². The highest BCUT2D eigenvalue weighted by molar-refractivity contribution is 6.23. The largest absolute Gasteiger partial charge is 0.439 e. The third kappa shape index (κ3) is 13.6. The normalized spacial score (nSPS) is 28.6. The minimum absolute atomic E-state index is 0.137. The van der Waals surface area contributed by atoms with Gasteiger partial charge in [-0.25, -0.2) is 4.79 Å². The molecule has 0 spiro atoms. The van der Waals surface area contributed by atoms with Gasteiger partial charge in [0.2, 0.25) is 11.6 Å². The van der Waals surface area contributed by atoms with Gasteiger partial charge < -0.3 is 50.9 Å². The summed E-state index contributed by atoms with van der Waals surface area (Å²) in [5.74, 6) is -2.19. The average molecular weight is 705 g/mol.